The van der Waals surface area contributed by atoms with Gasteiger partial charge in [0.2, 0.25) is 0 Å². The molecule has 0 atom stereocenters. The number of halogens is 3. The molecule has 3 N–H and O–H groups in total. The van der Waals surface area contributed by atoms with E-state index in [0.29, 0.717) is 12.2 Å². The second-order valence-electron chi connectivity index (χ2n) is 2.78. The molecule has 0 aliphatic carbocycles. The third kappa shape index (κ3) is 2.93. The van der Waals surface area contributed by atoms with Crippen molar-refractivity contribution in [2.75, 3.05) is 17.6 Å². The monoisotopic (exact) mass is 220 g/mol. The molecule has 0 aliphatic heterocycles. The van der Waals surface area contributed by atoms with Crippen LogP contribution in [0.3, 0.4) is 0 Å². The first-order chi connectivity index (χ1) is 7.04. The Balaban J connectivity index is 3.00. The summed E-state index contributed by atoms with van der Waals surface area (Å²) in [6, 6.07) is 2.05. The van der Waals surface area contributed by atoms with Crippen LogP contribution in [0.15, 0.2) is 12.1 Å². The molecule has 0 saturated heterocycles. The van der Waals surface area contributed by atoms with Crippen molar-refractivity contribution in [3.8, 4) is 5.75 Å². The fourth-order valence-electron chi connectivity index (χ4n) is 1.10. The summed E-state index contributed by atoms with van der Waals surface area (Å²) in [5.41, 5.74) is 5.98. The van der Waals surface area contributed by atoms with Crippen LogP contribution in [0.1, 0.15) is 6.92 Å². The van der Waals surface area contributed by atoms with Gasteiger partial charge in [-0.2, -0.15) is 8.78 Å². The molecule has 84 valence electrons. The van der Waals surface area contributed by atoms with Crippen LogP contribution in [-0.2, 0) is 0 Å². The van der Waals surface area contributed by atoms with E-state index in [4.69, 9.17) is 5.73 Å². The number of rotatable bonds is 4. The van der Waals surface area contributed by atoms with Crippen molar-refractivity contribution < 1.29 is 17.9 Å². The summed E-state index contributed by atoms with van der Waals surface area (Å²) >= 11 is 0. The van der Waals surface area contributed by atoms with Crippen molar-refractivity contribution in [3.63, 3.8) is 0 Å². The molecule has 0 bridgehead atoms. The molecule has 0 aromatic heterocycles. The van der Waals surface area contributed by atoms with Gasteiger partial charge in [-0.1, -0.05) is 0 Å². The highest BCUT2D eigenvalue weighted by Gasteiger charge is 2.12. The van der Waals surface area contributed by atoms with Crippen molar-refractivity contribution >= 4 is 11.4 Å². The van der Waals surface area contributed by atoms with Gasteiger partial charge in [-0.15, -0.1) is 0 Å². The highest BCUT2D eigenvalue weighted by atomic mass is 19.3. The molecule has 0 fully saturated rings. The number of nitrogens with two attached hydrogens (primary N) is 1. The van der Waals surface area contributed by atoms with Crippen LogP contribution in [0.25, 0.3) is 0 Å². The zero-order valence-corrected chi connectivity index (χ0v) is 8.06. The number of hydrogen-bond donors (Lipinski definition) is 2. The second-order valence-corrected chi connectivity index (χ2v) is 2.78. The number of nitrogen functional groups attached to an aromatic ring is 1. The molecule has 1 aromatic carbocycles. The Hall–Kier alpha value is -1.59. The molecule has 3 nitrogen and oxygen atoms in total. The van der Waals surface area contributed by atoms with Crippen LogP contribution in [0.5, 0.6) is 5.75 Å². The SMILES string of the molecule is CCNc1cc(OC(F)F)c(F)cc1N. The molecule has 0 amide bonds. The third-order valence-electron chi connectivity index (χ3n) is 1.69. The number of benzene rings is 1. The van der Waals surface area contributed by atoms with E-state index in [-0.39, 0.29) is 5.69 Å². The first-order valence-electron chi connectivity index (χ1n) is 4.32. The molecule has 0 radical (unpaired) electrons. The molecule has 1 rings (SSSR count). The van der Waals surface area contributed by atoms with Gasteiger partial charge in [0.25, 0.3) is 0 Å². The minimum absolute atomic E-state index is 0.149. The maximum absolute atomic E-state index is 13.1. The summed E-state index contributed by atoms with van der Waals surface area (Å²) < 4.78 is 40.8. The summed E-state index contributed by atoms with van der Waals surface area (Å²) in [5.74, 6) is -1.43. The van der Waals surface area contributed by atoms with Gasteiger partial charge < -0.3 is 15.8 Å². The van der Waals surface area contributed by atoms with E-state index in [1.165, 1.54) is 0 Å². The molecule has 0 unspecified atom stereocenters. The maximum Gasteiger partial charge on any atom is 0.387 e. The lowest BCUT2D eigenvalue weighted by atomic mass is 10.2. The van der Waals surface area contributed by atoms with E-state index in [0.717, 1.165) is 12.1 Å². The van der Waals surface area contributed by atoms with Gasteiger partial charge in [-0.05, 0) is 6.92 Å². The predicted octanol–water partition coefficient (Wildman–Crippen LogP) is 2.44. The third-order valence-corrected chi connectivity index (χ3v) is 1.69. The molecular formula is C9H11F3N2O. The quantitative estimate of drug-likeness (QED) is 0.766. The molecular weight excluding hydrogens is 209 g/mol. The number of ether oxygens (including phenoxy) is 1. The van der Waals surface area contributed by atoms with E-state index < -0.39 is 18.2 Å². The zero-order chi connectivity index (χ0) is 11.4. The Labute approximate surface area is 85.0 Å². The van der Waals surface area contributed by atoms with Crippen molar-refractivity contribution in [2.24, 2.45) is 0 Å². The Kier molecular flexibility index (Phi) is 3.65. The van der Waals surface area contributed by atoms with Crippen LogP contribution in [0.2, 0.25) is 0 Å². The number of hydrogen-bond acceptors (Lipinski definition) is 3. The lowest BCUT2D eigenvalue weighted by Crippen LogP contribution is -2.07. The summed E-state index contributed by atoms with van der Waals surface area (Å²) in [4.78, 5) is 0. The predicted molar refractivity (Wildman–Crippen MR) is 51.6 cm³/mol. The fourth-order valence-corrected chi connectivity index (χ4v) is 1.10. The average molecular weight is 220 g/mol. The first kappa shape index (κ1) is 11.5. The van der Waals surface area contributed by atoms with Gasteiger partial charge in [0, 0.05) is 18.7 Å². The molecule has 0 aliphatic rings. The van der Waals surface area contributed by atoms with Crippen molar-refractivity contribution in [3.05, 3.63) is 17.9 Å². The number of alkyl halides is 2. The molecule has 0 heterocycles. The summed E-state index contributed by atoms with van der Waals surface area (Å²) in [6.45, 7) is -0.710. The van der Waals surface area contributed by atoms with Crippen molar-refractivity contribution in [1.29, 1.82) is 0 Å². The van der Waals surface area contributed by atoms with Gasteiger partial charge in [0.05, 0.1) is 11.4 Å². The van der Waals surface area contributed by atoms with E-state index in [9.17, 15) is 13.2 Å². The number of anilines is 2. The Morgan fingerprint density at radius 1 is 1.47 bits per heavy atom. The first-order valence-corrected chi connectivity index (χ1v) is 4.32. The van der Waals surface area contributed by atoms with Gasteiger partial charge >= 0.3 is 6.61 Å². The van der Waals surface area contributed by atoms with Crippen molar-refractivity contribution in [2.45, 2.75) is 13.5 Å². The van der Waals surface area contributed by atoms with E-state index >= 15 is 0 Å². The molecule has 1 aromatic rings. The highest BCUT2D eigenvalue weighted by Crippen LogP contribution is 2.28. The van der Waals surface area contributed by atoms with Gasteiger partial charge in [-0.25, -0.2) is 4.39 Å². The second kappa shape index (κ2) is 4.77. The topological polar surface area (TPSA) is 47.3 Å². The minimum atomic E-state index is -3.06. The zero-order valence-electron chi connectivity index (χ0n) is 8.06. The Morgan fingerprint density at radius 2 is 2.13 bits per heavy atom. The average Bonchev–Trinajstić information content (AvgIpc) is 2.12. The molecule has 15 heavy (non-hydrogen) atoms. The molecule has 0 spiro atoms. The Morgan fingerprint density at radius 3 is 2.67 bits per heavy atom. The standard InChI is InChI=1S/C9H11F3N2O/c1-2-14-7-4-8(15-9(11)12)5(10)3-6(7)13/h3-4,9,14H,2,13H2,1H3. The normalized spacial score (nSPS) is 10.5. The van der Waals surface area contributed by atoms with Gasteiger partial charge in [-0.3, -0.25) is 0 Å². The minimum Gasteiger partial charge on any atom is -0.432 e. The lowest BCUT2D eigenvalue weighted by Gasteiger charge is -2.11. The van der Waals surface area contributed by atoms with Crippen LogP contribution in [0, 0.1) is 5.82 Å². The maximum atomic E-state index is 13.1. The largest absolute Gasteiger partial charge is 0.432 e. The summed E-state index contributed by atoms with van der Waals surface area (Å²) in [7, 11) is 0. The fraction of sp³-hybridized carbons (Fsp3) is 0.333. The van der Waals surface area contributed by atoms with E-state index in [2.05, 4.69) is 10.1 Å². The van der Waals surface area contributed by atoms with Gasteiger partial charge in [0.1, 0.15) is 0 Å². The lowest BCUT2D eigenvalue weighted by molar-refractivity contribution is -0.0521. The van der Waals surface area contributed by atoms with E-state index in [1.54, 1.807) is 6.92 Å². The van der Waals surface area contributed by atoms with E-state index in [1.807, 2.05) is 0 Å². The molecule has 0 saturated carbocycles. The van der Waals surface area contributed by atoms with Crippen molar-refractivity contribution in [1.82, 2.24) is 0 Å². The number of nitrogens with one attached hydrogen (secondary N) is 1. The van der Waals surface area contributed by atoms with Crippen LogP contribution >= 0.6 is 0 Å². The van der Waals surface area contributed by atoms with Gasteiger partial charge in [0.15, 0.2) is 11.6 Å². The summed E-state index contributed by atoms with van der Waals surface area (Å²) in [6.07, 6.45) is 0. The smallest absolute Gasteiger partial charge is 0.387 e. The highest BCUT2D eigenvalue weighted by molar-refractivity contribution is 5.68. The van der Waals surface area contributed by atoms with Crippen LogP contribution in [0.4, 0.5) is 24.5 Å². The van der Waals surface area contributed by atoms with Crippen LogP contribution < -0.4 is 15.8 Å². The molecule has 6 heteroatoms. The summed E-state index contributed by atoms with van der Waals surface area (Å²) in [5, 5.41) is 2.80. The van der Waals surface area contributed by atoms with Crippen LogP contribution in [-0.4, -0.2) is 13.2 Å². The Bertz CT molecular complexity index is 344.